The molecule has 4 aliphatic rings. The number of hydrogen-bond acceptors (Lipinski definition) is 8. The molecule has 1 saturated heterocycles. The number of nitrogens with zero attached hydrogens (tertiary/aromatic N) is 2. The third kappa shape index (κ3) is 2.48. The van der Waals surface area contributed by atoms with Crippen LogP contribution in [-0.2, 0) is 24.5 Å². The number of esters is 2. The topological polar surface area (TPSA) is 88.5 Å². The molecule has 2 fully saturated rings. The zero-order valence-electron chi connectivity index (χ0n) is 19.8. The van der Waals surface area contributed by atoms with Crippen molar-refractivity contribution in [2.75, 3.05) is 39.3 Å². The SMILES string of the molecule is CC[C@]12C=CCN3CC[C@@]4(c5ccc(OC)cc5N(C)[C@H]4[C@](O)(C(=O)OC)[C@@H]1OC(C)=O)[C@@H]32. The van der Waals surface area contributed by atoms with Gasteiger partial charge in [-0.05, 0) is 31.0 Å². The first kappa shape index (κ1) is 22.2. The zero-order chi connectivity index (χ0) is 23.8. The van der Waals surface area contributed by atoms with E-state index in [1.807, 2.05) is 31.0 Å². The van der Waals surface area contributed by atoms with Crippen molar-refractivity contribution in [3.05, 3.63) is 35.9 Å². The largest absolute Gasteiger partial charge is 0.497 e. The second-order valence-corrected chi connectivity index (χ2v) is 9.76. The fourth-order valence-corrected chi connectivity index (χ4v) is 7.68. The first-order valence-corrected chi connectivity index (χ1v) is 11.5. The van der Waals surface area contributed by atoms with Crippen LogP contribution in [-0.4, -0.2) is 80.1 Å². The highest BCUT2D eigenvalue weighted by Crippen LogP contribution is 2.67. The predicted octanol–water partition coefficient (Wildman–Crippen LogP) is 1.64. The number of anilines is 1. The minimum absolute atomic E-state index is 0.0589. The molecule has 5 rings (SSSR count). The maximum Gasteiger partial charge on any atom is 0.344 e. The van der Waals surface area contributed by atoms with Crippen LogP contribution >= 0.6 is 0 Å². The van der Waals surface area contributed by atoms with Crippen LogP contribution < -0.4 is 9.64 Å². The molecule has 0 bridgehead atoms. The number of rotatable bonds is 4. The summed E-state index contributed by atoms with van der Waals surface area (Å²) >= 11 is 0. The molecule has 33 heavy (non-hydrogen) atoms. The molecule has 1 aromatic rings. The van der Waals surface area contributed by atoms with Gasteiger partial charge in [0, 0.05) is 49.1 Å². The summed E-state index contributed by atoms with van der Waals surface area (Å²) in [6, 6.07) is 5.22. The highest BCUT2D eigenvalue weighted by Gasteiger charge is 2.80. The number of benzene rings is 1. The van der Waals surface area contributed by atoms with Gasteiger partial charge in [0.1, 0.15) is 5.75 Å². The summed E-state index contributed by atoms with van der Waals surface area (Å²) in [6.07, 6.45) is 4.40. The van der Waals surface area contributed by atoms with Gasteiger partial charge in [-0.1, -0.05) is 25.1 Å². The minimum atomic E-state index is -2.08. The molecule has 1 aliphatic carbocycles. The number of fused-ring (bicyclic) bond motifs is 1. The Morgan fingerprint density at radius 1 is 1.24 bits per heavy atom. The molecule has 0 radical (unpaired) electrons. The molecule has 8 heteroatoms. The zero-order valence-corrected chi connectivity index (χ0v) is 19.8. The third-order valence-corrected chi connectivity index (χ3v) is 8.62. The van der Waals surface area contributed by atoms with Crippen LogP contribution in [0, 0.1) is 5.41 Å². The molecule has 1 N–H and O–H groups in total. The Bertz CT molecular complexity index is 1040. The number of likely N-dealkylation sites (N-methyl/N-ethyl adjacent to an activating group) is 1. The molecule has 1 saturated carbocycles. The summed E-state index contributed by atoms with van der Waals surface area (Å²) in [5, 5.41) is 12.5. The number of ether oxygens (including phenoxy) is 3. The lowest BCUT2D eigenvalue weighted by Gasteiger charge is -2.63. The van der Waals surface area contributed by atoms with Gasteiger partial charge in [-0.3, -0.25) is 9.69 Å². The molecule has 3 aliphatic heterocycles. The standard InChI is InChI=1S/C25H32N2O6/c1-6-23-10-7-12-27-13-11-24(19(23)27)17-9-8-16(31-4)14-18(17)26(3)20(24)25(30,22(29)32-5)21(23)33-15(2)28/h7-10,14,19-21,30H,6,11-13H2,1-5H3/t19-,20+,21+,23+,24+,25+/m0/s1. The van der Waals surface area contributed by atoms with Crippen LogP contribution in [0.1, 0.15) is 32.3 Å². The van der Waals surface area contributed by atoms with E-state index in [1.165, 1.54) is 14.0 Å². The lowest BCUT2D eigenvalue weighted by atomic mass is 9.47. The van der Waals surface area contributed by atoms with Gasteiger partial charge in [0.15, 0.2) is 6.10 Å². The highest BCUT2D eigenvalue weighted by molar-refractivity contribution is 5.87. The number of carbonyl (C=O) groups is 2. The summed E-state index contributed by atoms with van der Waals surface area (Å²) in [6.45, 7) is 4.94. The van der Waals surface area contributed by atoms with Crippen molar-refractivity contribution in [3.63, 3.8) is 0 Å². The smallest absolute Gasteiger partial charge is 0.344 e. The number of carbonyl (C=O) groups excluding carboxylic acids is 2. The Labute approximate surface area is 194 Å². The predicted molar refractivity (Wildman–Crippen MR) is 121 cm³/mol. The van der Waals surface area contributed by atoms with Crippen LogP contribution in [0.15, 0.2) is 30.4 Å². The molecule has 0 aromatic heterocycles. The third-order valence-electron chi connectivity index (χ3n) is 8.62. The fourth-order valence-electron chi connectivity index (χ4n) is 7.68. The van der Waals surface area contributed by atoms with Gasteiger partial charge < -0.3 is 24.2 Å². The van der Waals surface area contributed by atoms with Gasteiger partial charge in [-0.2, -0.15) is 0 Å². The molecular weight excluding hydrogens is 424 g/mol. The first-order chi connectivity index (χ1) is 15.7. The monoisotopic (exact) mass is 456 g/mol. The van der Waals surface area contributed by atoms with Gasteiger partial charge in [-0.25, -0.2) is 4.79 Å². The number of aliphatic hydroxyl groups is 1. The van der Waals surface area contributed by atoms with Crippen LogP contribution in [0.25, 0.3) is 0 Å². The van der Waals surface area contributed by atoms with E-state index >= 15 is 0 Å². The van der Waals surface area contributed by atoms with Crippen molar-refractivity contribution in [1.29, 1.82) is 0 Å². The minimum Gasteiger partial charge on any atom is -0.497 e. The van der Waals surface area contributed by atoms with Gasteiger partial charge in [0.05, 0.1) is 20.3 Å². The van der Waals surface area contributed by atoms with Crippen molar-refractivity contribution < 1.29 is 28.9 Å². The van der Waals surface area contributed by atoms with Crippen molar-refractivity contribution in [2.24, 2.45) is 5.41 Å². The molecule has 6 atom stereocenters. The number of hydrogen-bond donors (Lipinski definition) is 1. The van der Waals surface area contributed by atoms with Gasteiger partial charge in [0.25, 0.3) is 0 Å². The van der Waals surface area contributed by atoms with E-state index in [0.29, 0.717) is 12.2 Å². The Hall–Kier alpha value is -2.58. The van der Waals surface area contributed by atoms with Crippen LogP contribution in [0.3, 0.4) is 0 Å². The Balaban J connectivity index is 1.86. The first-order valence-electron chi connectivity index (χ1n) is 11.5. The van der Waals surface area contributed by atoms with E-state index in [2.05, 4.69) is 23.1 Å². The lowest BCUT2D eigenvalue weighted by molar-refractivity contribution is -0.228. The van der Waals surface area contributed by atoms with E-state index in [4.69, 9.17) is 14.2 Å². The average Bonchev–Trinajstić information content (AvgIpc) is 3.32. The summed E-state index contributed by atoms with van der Waals surface area (Å²) < 4.78 is 16.6. The molecule has 1 spiro atoms. The second-order valence-electron chi connectivity index (χ2n) is 9.76. The maximum absolute atomic E-state index is 13.5. The molecule has 1 aromatic carbocycles. The Morgan fingerprint density at radius 2 is 2.00 bits per heavy atom. The molecular formula is C25H32N2O6. The van der Waals surface area contributed by atoms with Gasteiger partial charge in [-0.15, -0.1) is 0 Å². The van der Waals surface area contributed by atoms with E-state index in [0.717, 1.165) is 30.8 Å². The van der Waals surface area contributed by atoms with Crippen molar-refractivity contribution in [2.45, 2.75) is 55.9 Å². The Morgan fingerprint density at radius 3 is 2.64 bits per heavy atom. The lowest BCUT2D eigenvalue weighted by Crippen LogP contribution is -2.81. The Kier molecular flexibility index (Phi) is 4.85. The summed E-state index contributed by atoms with van der Waals surface area (Å²) in [7, 11) is 4.77. The van der Waals surface area contributed by atoms with Crippen LogP contribution in [0.4, 0.5) is 5.69 Å². The molecule has 3 heterocycles. The fraction of sp³-hybridized carbons (Fsp3) is 0.600. The van der Waals surface area contributed by atoms with E-state index in [1.54, 1.807) is 7.11 Å². The summed E-state index contributed by atoms with van der Waals surface area (Å²) in [5.41, 5.74) is -1.41. The number of methoxy groups -OCH3 is 2. The average molecular weight is 457 g/mol. The molecule has 0 amide bonds. The van der Waals surface area contributed by atoms with Gasteiger partial charge in [0.2, 0.25) is 5.60 Å². The van der Waals surface area contributed by atoms with Gasteiger partial charge >= 0.3 is 11.9 Å². The molecule has 178 valence electrons. The van der Waals surface area contributed by atoms with Crippen molar-refractivity contribution in [3.8, 4) is 5.75 Å². The highest BCUT2D eigenvalue weighted by atomic mass is 16.6. The van der Waals surface area contributed by atoms with Crippen LogP contribution in [0.2, 0.25) is 0 Å². The normalized spacial score (nSPS) is 38.4. The van der Waals surface area contributed by atoms with E-state index < -0.39 is 40.5 Å². The van der Waals surface area contributed by atoms with Crippen molar-refractivity contribution in [1.82, 2.24) is 4.90 Å². The van der Waals surface area contributed by atoms with Crippen LogP contribution in [0.5, 0.6) is 5.75 Å². The molecule has 0 unspecified atom stereocenters. The summed E-state index contributed by atoms with van der Waals surface area (Å²) in [4.78, 5) is 30.2. The van der Waals surface area contributed by atoms with E-state index in [-0.39, 0.29) is 6.04 Å². The second kappa shape index (κ2) is 7.21. The quantitative estimate of drug-likeness (QED) is 0.541. The van der Waals surface area contributed by atoms with E-state index in [9.17, 15) is 14.7 Å². The maximum atomic E-state index is 13.5. The van der Waals surface area contributed by atoms with Crippen molar-refractivity contribution >= 4 is 17.6 Å². The summed E-state index contributed by atoms with van der Waals surface area (Å²) in [5.74, 6) is -0.617. The molecule has 8 nitrogen and oxygen atoms in total.